The predicted molar refractivity (Wildman–Crippen MR) is 141 cm³/mol. The topological polar surface area (TPSA) is 87.7 Å². The maximum Gasteiger partial charge on any atom is 0.250 e. The van der Waals surface area contributed by atoms with Gasteiger partial charge in [0.2, 0.25) is 5.91 Å². The van der Waals surface area contributed by atoms with Crippen LogP contribution in [0.3, 0.4) is 0 Å². The molecule has 0 radical (unpaired) electrons. The van der Waals surface area contributed by atoms with E-state index in [-0.39, 0.29) is 29.4 Å². The number of Topliss-reactive ketones (excluding diaryl/α,β-unsaturated/α-hetero) is 1. The van der Waals surface area contributed by atoms with Crippen LogP contribution in [-0.2, 0) is 10.3 Å². The monoisotopic (exact) mass is 490 g/mol. The van der Waals surface area contributed by atoms with Crippen molar-refractivity contribution in [3.05, 3.63) is 125 Å². The average molecular weight is 491 g/mol. The van der Waals surface area contributed by atoms with E-state index in [1.165, 1.54) is 12.1 Å². The fraction of sp³-hybridized carbons (Fsp3) is 0.161. The molecule has 0 saturated carbocycles. The van der Waals surface area contributed by atoms with Crippen LogP contribution < -0.4 is 15.4 Å². The Kier molecular flexibility index (Phi) is 5.54. The first kappa shape index (κ1) is 23.0. The van der Waals surface area contributed by atoms with Crippen molar-refractivity contribution in [2.45, 2.75) is 17.5 Å². The molecule has 2 aliphatic rings. The Morgan fingerprint density at radius 1 is 0.838 bits per heavy atom. The summed E-state index contributed by atoms with van der Waals surface area (Å²) in [6.45, 7) is 0. The third-order valence-electron chi connectivity index (χ3n) is 7.62. The first-order valence-corrected chi connectivity index (χ1v) is 12.2. The number of methoxy groups -OCH3 is 1. The van der Waals surface area contributed by atoms with Crippen molar-refractivity contribution in [3.63, 3.8) is 0 Å². The van der Waals surface area contributed by atoms with Gasteiger partial charge in [-0.2, -0.15) is 0 Å². The number of benzene rings is 4. The molecule has 0 aromatic heterocycles. The Morgan fingerprint density at radius 2 is 1.51 bits per heavy atom. The van der Waals surface area contributed by atoms with Crippen LogP contribution in [0.1, 0.15) is 39.0 Å². The van der Waals surface area contributed by atoms with Crippen molar-refractivity contribution < 1.29 is 19.4 Å². The maximum atomic E-state index is 14.4. The minimum Gasteiger partial charge on any atom is -0.508 e. The molecule has 184 valence electrons. The molecule has 37 heavy (non-hydrogen) atoms. The van der Waals surface area contributed by atoms with Crippen LogP contribution >= 0.6 is 0 Å². The van der Waals surface area contributed by atoms with E-state index in [2.05, 4.69) is 10.6 Å². The lowest BCUT2D eigenvalue weighted by Crippen LogP contribution is -2.50. The normalized spacial score (nSPS) is 24.0. The van der Waals surface area contributed by atoms with Crippen molar-refractivity contribution in [2.75, 3.05) is 12.4 Å². The molecule has 4 aromatic rings. The molecule has 1 amide bonds. The lowest BCUT2D eigenvalue weighted by Gasteiger charge is -2.31. The highest BCUT2D eigenvalue weighted by Gasteiger charge is 2.64. The number of amides is 1. The molecular weight excluding hydrogens is 464 g/mol. The number of nitrogens with one attached hydrogen (secondary N) is 2. The van der Waals surface area contributed by atoms with Crippen molar-refractivity contribution in [3.8, 4) is 11.5 Å². The van der Waals surface area contributed by atoms with Crippen LogP contribution in [0.4, 0.5) is 5.69 Å². The van der Waals surface area contributed by atoms with Crippen LogP contribution in [0.5, 0.6) is 11.5 Å². The molecule has 6 nitrogen and oxygen atoms in total. The fourth-order valence-corrected chi connectivity index (χ4v) is 5.94. The standard InChI is InChI=1S/C31H26N2O4/c1-37-23-17-13-19(14-18-23)26-27(29(35)21-11-15-22(34)16-12-21)31(33-28(26)20-7-3-2-4-8-20)24-9-5-6-10-25(24)32-30(31)36/h2-18,26-28,33-34H,1H3,(H,32,36)/t26-,27?,28+,31?/m0/s1. The number of aromatic hydroxyl groups is 1. The Balaban J connectivity index is 1.60. The smallest absolute Gasteiger partial charge is 0.250 e. The van der Waals surface area contributed by atoms with Crippen molar-refractivity contribution in [2.24, 2.45) is 5.92 Å². The van der Waals surface area contributed by atoms with E-state index in [0.29, 0.717) is 17.0 Å². The zero-order valence-electron chi connectivity index (χ0n) is 20.2. The number of rotatable bonds is 5. The zero-order valence-corrected chi connectivity index (χ0v) is 20.2. The number of anilines is 1. The molecule has 2 aliphatic heterocycles. The number of ether oxygens (including phenoxy) is 1. The molecular formula is C31H26N2O4. The SMILES string of the molecule is COc1ccc([C@H]2C(C(=O)c3ccc(O)cc3)C3(N[C@@H]2c2ccccc2)C(=O)Nc2ccccc23)cc1. The second-order valence-corrected chi connectivity index (χ2v) is 9.53. The molecule has 6 heteroatoms. The van der Waals surface area contributed by atoms with Gasteiger partial charge in [-0.1, -0.05) is 60.7 Å². The molecule has 6 rings (SSSR count). The van der Waals surface area contributed by atoms with Gasteiger partial charge in [0.1, 0.15) is 17.0 Å². The molecule has 1 fully saturated rings. The van der Waals surface area contributed by atoms with Crippen LogP contribution in [0.2, 0.25) is 0 Å². The quantitative estimate of drug-likeness (QED) is 0.336. The Labute approximate surface area is 214 Å². The van der Waals surface area contributed by atoms with Crippen LogP contribution in [-0.4, -0.2) is 23.9 Å². The largest absolute Gasteiger partial charge is 0.508 e. The molecule has 4 aromatic carbocycles. The molecule has 0 aliphatic carbocycles. The van der Waals surface area contributed by atoms with Crippen molar-refractivity contribution >= 4 is 17.4 Å². The van der Waals surface area contributed by atoms with E-state index in [1.54, 1.807) is 19.2 Å². The summed E-state index contributed by atoms with van der Waals surface area (Å²) in [6.07, 6.45) is 0. The summed E-state index contributed by atoms with van der Waals surface area (Å²) >= 11 is 0. The van der Waals surface area contributed by atoms with Gasteiger partial charge in [-0.15, -0.1) is 0 Å². The molecule has 4 atom stereocenters. The molecule has 1 spiro atoms. The molecule has 2 unspecified atom stereocenters. The minimum atomic E-state index is -1.28. The van der Waals surface area contributed by atoms with Gasteiger partial charge in [0.05, 0.1) is 13.0 Å². The number of fused-ring (bicyclic) bond motifs is 2. The number of carbonyl (C=O) groups is 2. The van der Waals surface area contributed by atoms with Gasteiger partial charge < -0.3 is 15.2 Å². The second-order valence-electron chi connectivity index (χ2n) is 9.53. The summed E-state index contributed by atoms with van der Waals surface area (Å²) in [6, 6.07) is 31.1. The Morgan fingerprint density at radius 3 is 2.22 bits per heavy atom. The van der Waals surface area contributed by atoms with E-state index >= 15 is 0 Å². The summed E-state index contributed by atoms with van der Waals surface area (Å²) < 4.78 is 5.38. The predicted octanol–water partition coefficient (Wildman–Crippen LogP) is 5.18. The second kappa shape index (κ2) is 8.91. The average Bonchev–Trinajstić information content (AvgIpc) is 3.44. The van der Waals surface area contributed by atoms with Gasteiger partial charge in [-0.3, -0.25) is 14.9 Å². The first-order valence-electron chi connectivity index (χ1n) is 12.2. The number of carbonyl (C=O) groups excluding carboxylic acids is 2. The number of hydrogen-bond donors (Lipinski definition) is 3. The number of phenolic OH excluding ortho intramolecular Hbond substituents is 1. The van der Waals surface area contributed by atoms with Gasteiger partial charge in [0, 0.05) is 28.8 Å². The summed E-state index contributed by atoms with van der Waals surface area (Å²) in [5.74, 6) is -0.758. The highest BCUT2D eigenvalue weighted by molar-refractivity contribution is 6.12. The highest BCUT2D eigenvalue weighted by Crippen LogP contribution is 2.57. The minimum absolute atomic E-state index is 0.0774. The van der Waals surface area contributed by atoms with E-state index in [9.17, 15) is 14.7 Å². The van der Waals surface area contributed by atoms with Gasteiger partial charge in [0.15, 0.2) is 5.78 Å². The van der Waals surface area contributed by atoms with Gasteiger partial charge in [-0.05, 0) is 53.6 Å². The fourth-order valence-electron chi connectivity index (χ4n) is 5.94. The third kappa shape index (κ3) is 3.60. The van der Waals surface area contributed by atoms with Gasteiger partial charge in [-0.25, -0.2) is 0 Å². The summed E-state index contributed by atoms with van der Waals surface area (Å²) in [5, 5.41) is 16.5. The Bertz CT molecular complexity index is 1470. The van der Waals surface area contributed by atoms with Crippen molar-refractivity contribution in [1.82, 2.24) is 5.32 Å². The van der Waals surface area contributed by atoms with E-state index < -0.39 is 11.5 Å². The number of para-hydroxylation sites is 1. The first-order chi connectivity index (χ1) is 18.0. The van der Waals surface area contributed by atoms with Gasteiger partial charge in [0.25, 0.3) is 0 Å². The lowest BCUT2D eigenvalue weighted by atomic mass is 9.69. The van der Waals surface area contributed by atoms with Crippen LogP contribution in [0, 0.1) is 5.92 Å². The number of hydrogen-bond acceptors (Lipinski definition) is 5. The summed E-state index contributed by atoms with van der Waals surface area (Å²) in [4.78, 5) is 28.4. The van der Waals surface area contributed by atoms with Gasteiger partial charge >= 0.3 is 0 Å². The van der Waals surface area contributed by atoms with Crippen molar-refractivity contribution in [1.29, 1.82) is 0 Å². The molecule has 3 N–H and O–H groups in total. The molecule has 2 heterocycles. The van der Waals surface area contributed by atoms with E-state index in [0.717, 1.165) is 16.7 Å². The number of ketones is 1. The van der Waals surface area contributed by atoms with Crippen LogP contribution in [0.25, 0.3) is 0 Å². The molecule has 0 bridgehead atoms. The Hall–Kier alpha value is -4.42. The maximum absolute atomic E-state index is 14.4. The highest BCUT2D eigenvalue weighted by atomic mass is 16.5. The van der Waals surface area contributed by atoms with Crippen LogP contribution in [0.15, 0.2) is 103 Å². The lowest BCUT2D eigenvalue weighted by molar-refractivity contribution is -0.122. The van der Waals surface area contributed by atoms with E-state index in [1.807, 2.05) is 78.9 Å². The van der Waals surface area contributed by atoms with E-state index in [4.69, 9.17) is 4.74 Å². The summed E-state index contributed by atoms with van der Waals surface area (Å²) in [5.41, 5.74) is 2.53. The molecule has 1 saturated heterocycles. The zero-order chi connectivity index (χ0) is 25.6. The number of phenols is 1. The summed E-state index contributed by atoms with van der Waals surface area (Å²) in [7, 11) is 1.62. The third-order valence-corrected chi connectivity index (χ3v) is 7.62.